The summed E-state index contributed by atoms with van der Waals surface area (Å²) in [5.74, 6) is 0.886. The predicted molar refractivity (Wildman–Crippen MR) is 85.0 cm³/mol. The lowest BCUT2D eigenvalue weighted by atomic mass is 10.2. The number of thioether (sulfide) groups is 1. The number of nitrogens with zero attached hydrogens (tertiary/aromatic N) is 1. The average Bonchev–Trinajstić information content (AvgIpc) is 2.46. The molecular formula is C16H13NS2. The van der Waals surface area contributed by atoms with Gasteiger partial charge in [0.1, 0.15) is 0 Å². The Morgan fingerprint density at radius 1 is 0.895 bits per heavy atom. The monoisotopic (exact) mass is 283 g/mol. The molecule has 94 valence electrons. The third-order valence-corrected chi connectivity index (χ3v) is 4.22. The molecule has 0 bridgehead atoms. The molecule has 0 aliphatic heterocycles. The summed E-state index contributed by atoms with van der Waals surface area (Å²) in [4.78, 5) is 6.91. The van der Waals surface area contributed by atoms with E-state index < -0.39 is 0 Å². The smallest absolute Gasteiger partial charge is 0.0705 e. The van der Waals surface area contributed by atoms with Crippen LogP contribution in [0.5, 0.6) is 0 Å². The topological polar surface area (TPSA) is 12.9 Å². The van der Waals surface area contributed by atoms with E-state index in [-0.39, 0.29) is 0 Å². The van der Waals surface area contributed by atoms with Gasteiger partial charge >= 0.3 is 0 Å². The number of benzene rings is 2. The first kappa shape index (κ1) is 12.6. The van der Waals surface area contributed by atoms with Crippen LogP contribution in [0.15, 0.2) is 70.5 Å². The standard InChI is InChI=1S/C16H13NS2/c18-14-7-9-15(10-8-14)19-11-13-6-5-12-3-1-2-4-16(12)17-13/h1-10,18H,11H2. The highest BCUT2D eigenvalue weighted by atomic mass is 32.2. The van der Waals surface area contributed by atoms with Crippen molar-refractivity contribution in [2.75, 3.05) is 0 Å². The van der Waals surface area contributed by atoms with Crippen LogP contribution in [0.25, 0.3) is 10.9 Å². The maximum Gasteiger partial charge on any atom is 0.0705 e. The van der Waals surface area contributed by atoms with E-state index in [1.807, 2.05) is 24.3 Å². The van der Waals surface area contributed by atoms with Crippen LogP contribution in [0.1, 0.15) is 5.69 Å². The molecular weight excluding hydrogens is 270 g/mol. The average molecular weight is 283 g/mol. The molecule has 1 heterocycles. The first-order valence-electron chi connectivity index (χ1n) is 6.08. The fourth-order valence-electron chi connectivity index (χ4n) is 1.89. The van der Waals surface area contributed by atoms with Crippen molar-refractivity contribution in [3.8, 4) is 0 Å². The lowest BCUT2D eigenvalue weighted by molar-refractivity contribution is 1.22. The summed E-state index contributed by atoms with van der Waals surface area (Å²) in [6.07, 6.45) is 0. The van der Waals surface area contributed by atoms with Gasteiger partial charge in [-0.2, -0.15) is 0 Å². The van der Waals surface area contributed by atoms with Crippen molar-refractivity contribution < 1.29 is 0 Å². The Balaban J connectivity index is 1.76. The van der Waals surface area contributed by atoms with Crippen molar-refractivity contribution in [2.45, 2.75) is 15.5 Å². The van der Waals surface area contributed by atoms with Crippen LogP contribution in [0.4, 0.5) is 0 Å². The van der Waals surface area contributed by atoms with Gasteiger partial charge in [-0.25, -0.2) is 0 Å². The van der Waals surface area contributed by atoms with Gasteiger partial charge in [-0.1, -0.05) is 24.3 Å². The second-order valence-electron chi connectivity index (χ2n) is 4.28. The van der Waals surface area contributed by atoms with Crippen LogP contribution in [-0.2, 0) is 5.75 Å². The Kier molecular flexibility index (Phi) is 3.76. The van der Waals surface area contributed by atoms with Gasteiger partial charge in [-0.05, 0) is 36.4 Å². The van der Waals surface area contributed by atoms with E-state index in [1.165, 1.54) is 10.3 Å². The van der Waals surface area contributed by atoms with Gasteiger partial charge in [0.05, 0.1) is 11.2 Å². The number of fused-ring (bicyclic) bond motifs is 1. The molecule has 3 aromatic rings. The molecule has 3 rings (SSSR count). The van der Waals surface area contributed by atoms with Crippen molar-refractivity contribution >= 4 is 35.3 Å². The lowest BCUT2D eigenvalue weighted by Crippen LogP contribution is -1.87. The van der Waals surface area contributed by atoms with Crippen LogP contribution in [-0.4, -0.2) is 4.98 Å². The van der Waals surface area contributed by atoms with E-state index in [9.17, 15) is 0 Å². The number of para-hydroxylation sites is 1. The number of aromatic nitrogens is 1. The van der Waals surface area contributed by atoms with E-state index in [4.69, 9.17) is 0 Å². The molecule has 2 aromatic carbocycles. The van der Waals surface area contributed by atoms with Gasteiger partial charge < -0.3 is 0 Å². The summed E-state index contributed by atoms with van der Waals surface area (Å²) in [5, 5.41) is 1.19. The molecule has 0 fully saturated rings. The highest BCUT2D eigenvalue weighted by Gasteiger charge is 2.00. The Bertz CT molecular complexity index is 692. The summed E-state index contributed by atoms with van der Waals surface area (Å²) in [6, 6.07) is 20.6. The second kappa shape index (κ2) is 5.68. The maximum absolute atomic E-state index is 4.67. The quantitative estimate of drug-likeness (QED) is 0.547. The van der Waals surface area contributed by atoms with Gasteiger partial charge in [-0.15, -0.1) is 24.4 Å². The van der Waals surface area contributed by atoms with Crippen molar-refractivity contribution in [3.05, 3.63) is 66.4 Å². The highest BCUT2D eigenvalue weighted by Crippen LogP contribution is 2.24. The first-order valence-corrected chi connectivity index (χ1v) is 7.51. The molecule has 19 heavy (non-hydrogen) atoms. The number of pyridine rings is 1. The molecule has 0 unspecified atom stereocenters. The van der Waals surface area contributed by atoms with Gasteiger partial charge in [-0.3, -0.25) is 4.98 Å². The zero-order valence-electron chi connectivity index (χ0n) is 10.3. The summed E-state index contributed by atoms with van der Waals surface area (Å²) in [7, 11) is 0. The summed E-state index contributed by atoms with van der Waals surface area (Å²) in [6.45, 7) is 0. The molecule has 3 heteroatoms. The Hall–Kier alpha value is -1.45. The molecule has 0 amide bonds. The highest BCUT2D eigenvalue weighted by molar-refractivity contribution is 7.98. The van der Waals surface area contributed by atoms with E-state index in [2.05, 4.69) is 54.0 Å². The summed E-state index contributed by atoms with van der Waals surface area (Å²) < 4.78 is 0. The number of hydrogen-bond donors (Lipinski definition) is 1. The molecule has 1 aromatic heterocycles. The van der Waals surface area contributed by atoms with Gasteiger partial charge in [0.25, 0.3) is 0 Å². The third kappa shape index (κ3) is 3.11. The lowest BCUT2D eigenvalue weighted by Gasteiger charge is -2.03. The van der Waals surface area contributed by atoms with Crippen molar-refractivity contribution in [3.63, 3.8) is 0 Å². The Morgan fingerprint density at radius 3 is 2.53 bits per heavy atom. The largest absolute Gasteiger partial charge is 0.252 e. The van der Waals surface area contributed by atoms with E-state index in [1.54, 1.807) is 11.8 Å². The summed E-state index contributed by atoms with van der Waals surface area (Å²) in [5.41, 5.74) is 2.17. The minimum atomic E-state index is 0.886. The number of thiol groups is 1. The molecule has 0 radical (unpaired) electrons. The molecule has 0 spiro atoms. The minimum absolute atomic E-state index is 0.886. The van der Waals surface area contributed by atoms with Crippen LogP contribution >= 0.6 is 24.4 Å². The Labute approximate surface area is 122 Å². The number of hydrogen-bond acceptors (Lipinski definition) is 3. The minimum Gasteiger partial charge on any atom is -0.252 e. The van der Waals surface area contributed by atoms with E-state index >= 15 is 0 Å². The predicted octanol–water partition coefficient (Wildman–Crippen LogP) is 4.82. The molecule has 0 saturated carbocycles. The fourth-order valence-corrected chi connectivity index (χ4v) is 2.84. The van der Waals surface area contributed by atoms with Gasteiger partial charge in [0.2, 0.25) is 0 Å². The SMILES string of the molecule is Sc1ccc(SCc2ccc3ccccc3n2)cc1. The molecule has 0 N–H and O–H groups in total. The van der Waals surface area contributed by atoms with Crippen LogP contribution in [0.3, 0.4) is 0 Å². The fraction of sp³-hybridized carbons (Fsp3) is 0.0625. The Morgan fingerprint density at radius 2 is 1.68 bits per heavy atom. The van der Waals surface area contributed by atoms with E-state index in [0.717, 1.165) is 21.9 Å². The van der Waals surface area contributed by atoms with Crippen LogP contribution in [0.2, 0.25) is 0 Å². The zero-order chi connectivity index (χ0) is 13.1. The molecule has 0 aliphatic carbocycles. The second-order valence-corrected chi connectivity index (χ2v) is 5.84. The van der Waals surface area contributed by atoms with Gasteiger partial charge in [0, 0.05) is 20.9 Å². The summed E-state index contributed by atoms with van der Waals surface area (Å²) >= 11 is 6.08. The van der Waals surface area contributed by atoms with Crippen molar-refractivity contribution in [1.29, 1.82) is 0 Å². The molecule has 0 aliphatic rings. The first-order chi connectivity index (χ1) is 9.31. The van der Waals surface area contributed by atoms with Crippen molar-refractivity contribution in [2.24, 2.45) is 0 Å². The zero-order valence-corrected chi connectivity index (χ0v) is 12.0. The van der Waals surface area contributed by atoms with Crippen molar-refractivity contribution in [1.82, 2.24) is 4.98 Å². The van der Waals surface area contributed by atoms with Crippen LogP contribution in [0, 0.1) is 0 Å². The van der Waals surface area contributed by atoms with Crippen LogP contribution < -0.4 is 0 Å². The molecule has 0 atom stereocenters. The normalized spacial score (nSPS) is 10.8. The third-order valence-electron chi connectivity index (χ3n) is 2.88. The molecule has 0 saturated heterocycles. The van der Waals surface area contributed by atoms with E-state index in [0.29, 0.717) is 0 Å². The molecule has 1 nitrogen and oxygen atoms in total. The number of rotatable bonds is 3. The van der Waals surface area contributed by atoms with Gasteiger partial charge in [0.15, 0.2) is 0 Å². The maximum atomic E-state index is 4.67.